The van der Waals surface area contributed by atoms with Gasteiger partial charge >= 0.3 is 0 Å². The Morgan fingerprint density at radius 2 is 1.56 bits per heavy atom. The summed E-state index contributed by atoms with van der Waals surface area (Å²) in [6.07, 6.45) is 3.82. The predicted octanol–water partition coefficient (Wildman–Crippen LogP) is 5.79. The lowest BCUT2D eigenvalue weighted by Gasteiger charge is -2.41. The molecule has 2 atom stereocenters. The zero-order valence-electron chi connectivity index (χ0n) is 18.6. The van der Waals surface area contributed by atoms with E-state index in [-0.39, 0.29) is 12.1 Å². The summed E-state index contributed by atoms with van der Waals surface area (Å²) >= 11 is 0. The number of carbonyl (C=O) groups is 1. The maximum absolute atomic E-state index is 12.0. The van der Waals surface area contributed by atoms with Crippen LogP contribution in [0.5, 0.6) is 23.0 Å². The van der Waals surface area contributed by atoms with Crippen LogP contribution in [0.4, 0.5) is 0 Å². The molecule has 3 aromatic rings. The fraction of sp³-hybridized carbons (Fsp3) is 0.296. The molecule has 32 heavy (non-hydrogen) atoms. The Balaban J connectivity index is 1.64. The Labute approximate surface area is 189 Å². The van der Waals surface area contributed by atoms with Crippen LogP contribution < -0.4 is 14.2 Å². The van der Waals surface area contributed by atoms with Gasteiger partial charge in [0.05, 0.1) is 25.8 Å². The van der Waals surface area contributed by atoms with Gasteiger partial charge in [0, 0.05) is 12.6 Å². The fourth-order valence-corrected chi connectivity index (χ4v) is 4.52. The first kappa shape index (κ1) is 21.9. The number of ether oxygens (including phenoxy) is 3. The zero-order valence-corrected chi connectivity index (χ0v) is 18.6. The van der Waals surface area contributed by atoms with Gasteiger partial charge in [-0.15, -0.1) is 0 Å². The molecule has 0 spiro atoms. The lowest BCUT2D eigenvalue weighted by atomic mass is 9.89. The van der Waals surface area contributed by atoms with E-state index in [9.17, 15) is 4.79 Å². The highest BCUT2D eigenvalue weighted by atomic mass is 16.5. The molecule has 0 radical (unpaired) electrons. The van der Waals surface area contributed by atoms with E-state index in [0.29, 0.717) is 6.54 Å². The first-order valence-corrected chi connectivity index (χ1v) is 11.0. The molecule has 1 heterocycles. The van der Waals surface area contributed by atoms with Crippen molar-refractivity contribution in [1.29, 1.82) is 0 Å². The quantitative estimate of drug-likeness (QED) is 0.423. The number of likely N-dealkylation sites (tertiary alicyclic amines) is 1. The molecular weight excluding hydrogens is 402 g/mol. The number of rotatable bonds is 8. The van der Waals surface area contributed by atoms with Gasteiger partial charge in [0.1, 0.15) is 29.3 Å². The van der Waals surface area contributed by atoms with Gasteiger partial charge in [0.25, 0.3) is 0 Å². The van der Waals surface area contributed by atoms with Crippen LogP contribution in [0.15, 0.2) is 72.8 Å². The molecule has 1 aliphatic rings. The highest BCUT2D eigenvalue weighted by Crippen LogP contribution is 2.43. The summed E-state index contributed by atoms with van der Waals surface area (Å²) in [6, 6.07) is 23.5. The summed E-state index contributed by atoms with van der Waals surface area (Å²) in [5, 5.41) is 0. The number of carbonyl (C=O) groups excluding carboxylic acids is 1. The Hall–Kier alpha value is -3.31. The molecule has 0 N–H and O–H groups in total. The van der Waals surface area contributed by atoms with E-state index in [1.54, 1.807) is 14.2 Å². The molecule has 5 nitrogen and oxygen atoms in total. The van der Waals surface area contributed by atoms with Crippen molar-refractivity contribution >= 4 is 6.29 Å². The average Bonchev–Trinajstić information content (AvgIpc) is 2.84. The molecule has 4 rings (SSSR count). The molecule has 2 unspecified atom stereocenters. The van der Waals surface area contributed by atoms with E-state index in [1.807, 2.05) is 66.7 Å². The molecule has 3 aromatic carbocycles. The summed E-state index contributed by atoms with van der Waals surface area (Å²) in [4.78, 5) is 14.3. The van der Waals surface area contributed by atoms with E-state index >= 15 is 0 Å². The van der Waals surface area contributed by atoms with Gasteiger partial charge < -0.3 is 19.0 Å². The van der Waals surface area contributed by atoms with Gasteiger partial charge in [-0.2, -0.15) is 0 Å². The van der Waals surface area contributed by atoms with Crippen molar-refractivity contribution in [2.24, 2.45) is 0 Å². The average molecular weight is 432 g/mol. The van der Waals surface area contributed by atoms with Crippen LogP contribution in [-0.4, -0.2) is 31.4 Å². The molecule has 0 amide bonds. The van der Waals surface area contributed by atoms with E-state index in [4.69, 9.17) is 14.2 Å². The fourth-order valence-electron chi connectivity index (χ4n) is 4.52. The minimum atomic E-state index is -0.165. The van der Waals surface area contributed by atoms with Gasteiger partial charge in [-0.3, -0.25) is 4.90 Å². The summed E-state index contributed by atoms with van der Waals surface area (Å²) < 4.78 is 17.4. The molecule has 0 bridgehead atoms. The van der Waals surface area contributed by atoms with Crippen molar-refractivity contribution in [3.63, 3.8) is 0 Å². The first-order chi connectivity index (χ1) is 15.7. The number of aldehydes is 1. The maximum Gasteiger partial charge on any atom is 0.137 e. The number of piperidine rings is 1. The summed E-state index contributed by atoms with van der Waals surface area (Å²) in [6.45, 7) is 0.626. The second-order valence-corrected chi connectivity index (χ2v) is 7.96. The summed E-state index contributed by atoms with van der Waals surface area (Å²) in [5.74, 6) is 3.14. The number of hydrogen-bond acceptors (Lipinski definition) is 5. The van der Waals surface area contributed by atoms with Gasteiger partial charge in [0.15, 0.2) is 0 Å². The van der Waals surface area contributed by atoms with Crippen molar-refractivity contribution in [3.8, 4) is 23.0 Å². The molecule has 0 saturated carbocycles. The number of para-hydroxylation sites is 1. The molecule has 1 aliphatic heterocycles. The van der Waals surface area contributed by atoms with Crippen LogP contribution in [0, 0.1) is 0 Å². The molecule has 0 aromatic heterocycles. The topological polar surface area (TPSA) is 48.0 Å². The normalized spacial score (nSPS) is 18.7. The van der Waals surface area contributed by atoms with Crippen molar-refractivity contribution in [2.45, 2.75) is 37.9 Å². The number of hydrogen-bond donors (Lipinski definition) is 0. The van der Waals surface area contributed by atoms with Crippen LogP contribution in [0.1, 0.15) is 36.4 Å². The third-order valence-corrected chi connectivity index (χ3v) is 6.00. The molecular formula is C27H29NO4. The second-order valence-electron chi connectivity index (χ2n) is 7.96. The lowest BCUT2D eigenvalue weighted by molar-refractivity contribution is -0.115. The lowest BCUT2D eigenvalue weighted by Crippen LogP contribution is -2.42. The highest BCUT2D eigenvalue weighted by Gasteiger charge is 2.34. The zero-order chi connectivity index (χ0) is 22.3. The van der Waals surface area contributed by atoms with Gasteiger partial charge in [-0.05, 0) is 61.2 Å². The Kier molecular flexibility index (Phi) is 7.07. The first-order valence-electron chi connectivity index (χ1n) is 11.0. The van der Waals surface area contributed by atoms with Gasteiger partial charge in [0.2, 0.25) is 0 Å². The number of benzene rings is 3. The minimum absolute atomic E-state index is 0.0174. The van der Waals surface area contributed by atoms with E-state index in [1.165, 1.54) is 0 Å². The molecule has 0 aliphatic carbocycles. The third-order valence-electron chi connectivity index (χ3n) is 6.00. The highest BCUT2D eigenvalue weighted by molar-refractivity contribution is 5.59. The van der Waals surface area contributed by atoms with Crippen LogP contribution in [0.2, 0.25) is 0 Å². The van der Waals surface area contributed by atoms with Crippen LogP contribution in [-0.2, 0) is 11.3 Å². The molecule has 166 valence electrons. The van der Waals surface area contributed by atoms with Crippen LogP contribution >= 0.6 is 0 Å². The van der Waals surface area contributed by atoms with Crippen molar-refractivity contribution in [3.05, 3.63) is 83.9 Å². The molecule has 1 saturated heterocycles. The second kappa shape index (κ2) is 10.3. The Morgan fingerprint density at radius 3 is 2.25 bits per heavy atom. The van der Waals surface area contributed by atoms with Gasteiger partial charge in [-0.1, -0.05) is 36.4 Å². The SMILES string of the molecule is COc1cccc(OC)c1C1CCCC(C=O)N1Cc1cccc(Oc2ccccc2)c1. The van der Waals surface area contributed by atoms with Crippen molar-refractivity contribution in [1.82, 2.24) is 4.90 Å². The maximum atomic E-state index is 12.0. The Bertz CT molecular complexity index is 1010. The Morgan fingerprint density at radius 1 is 0.875 bits per heavy atom. The van der Waals surface area contributed by atoms with Crippen molar-refractivity contribution in [2.75, 3.05) is 14.2 Å². The monoisotopic (exact) mass is 431 g/mol. The van der Waals surface area contributed by atoms with E-state index in [2.05, 4.69) is 11.0 Å². The largest absolute Gasteiger partial charge is 0.496 e. The van der Waals surface area contributed by atoms with Crippen molar-refractivity contribution < 1.29 is 19.0 Å². The number of nitrogens with zero attached hydrogens (tertiary/aromatic N) is 1. The van der Waals surface area contributed by atoms with E-state index < -0.39 is 0 Å². The minimum Gasteiger partial charge on any atom is -0.496 e. The number of methoxy groups -OCH3 is 2. The summed E-state index contributed by atoms with van der Waals surface area (Å²) in [5.41, 5.74) is 2.09. The molecule has 5 heteroatoms. The summed E-state index contributed by atoms with van der Waals surface area (Å²) in [7, 11) is 3.35. The predicted molar refractivity (Wildman–Crippen MR) is 124 cm³/mol. The smallest absolute Gasteiger partial charge is 0.137 e. The van der Waals surface area contributed by atoms with E-state index in [0.717, 1.165) is 59.7 Å². The standard InChI is InChI=1S/C27H29NO4/c1-30-25-15-8-16-26(31-2)27(25)24-14-7-10-21(19-29)28(24)18-20-9-6-13-23(17-20)32-22-11-4-3-5-12-22/h3-6,8-9,11-13,15-17,19,21,24H,7,10,14,18H2,1-2H3. The third kappa shape index (κ3) is 4.78. The van der Waals surface area contributed by atoms with Crippen LogP contribution in [0.3, 0.4) is 0 Å². The van der Waals surface area contributed by atoms with Gasteiger partial charge in [-0.25, -0.2) is 0 Å². The molecule has 1 fully saturated rings. The van der Waals surface area contributed by atoms with Crippen LogP contribution in [0.25, 0.3) is 0 Å².